The molecule has 2 atom stereocenters. The molecule has 0 N–H and O–H groups in total. The summed E-state index contributed by atoms with van der Waals surface area (Å²) in [6, 6.07) is 20.0. The van der Waals surface area contributed by atoms with Crippen LogP contribution in [0.2, 0.25) is 0 Å². The van der Waals surface area contributed by atoms with E-state index < -0.39 is 0 Å². The van der Waals surface area contributed by atoms with Crippen molar-refractivity contribution in [2.24, 2.45) is 0 Å². The first-order valence-corrected chi connectivity index (χ1v) is 11.2. The second-order valence-corrected chi connectivity index (χ2v) is 8.50. The first-order chi connectivity index (χ1) is 15.1. The minimum Gasteiger partial charge on any atom is -0.493 e. The highest BCUT2D eigenvalue weighted by molar-refractivity contribution is 5.86. The Hall–Kier alpha value is -2.56. The maximum absolute atomic E-state index is 5.55. The van der Waals surface area contributed by atoms with Crippen molar-refractivity contribution in [1.29, 1.82) is 0 Å². The van der Waals surface area contributed by atoms with Crippen LogP contribution in [0.3, 0.4) is 0 Å². The summed E-state index contributed by atoms with van der Waals surface area (Å²) < 4.78 is 11.1. The highest BCUT2D eigenvalue weighted by Gasteiger charge is 2.29. The smallest absolute Gasteiger partial charge is 0.161 e. The molecule has 1 heterocycles. The molecule has 31 heavy (non-hydrogen) atoms. The molecule has 3 aromatic carbocycles. The van der Waals surface area contributed by atoms with E-state index in [1.165, 1.54) is 27.5 Å². The van der Waals surface area contributed by atoms with E-state index in [1.54, 1.807) is 14.2 Å². The van der Waals surface area contributed by atoms with E-state index in [-0.39, 0.29) is 0 Å². The van der Waals surface area contributed by atoms with Crippen molar-refractivity contribution in [1.82, 2.24) is 9.80 Å². The average molecular weight is 419 g/mol. The second-order valence-electron chi connectivity index (χ2n) is 8.50. The fraction of sp³-hybridized carbons (Fsp3) is 0.407. The minimum absolute atomic E-state index is 0.322. The number of methoxy groups -OCH3 is 2. The molecule has 0 fully saturated rings. The molecule has 4 nitrogen and oxygen atoms in total. The molecule has 0 aliphatic carbocycles. The van der Waals surface area contributed by atoms with Crippen LogP contribution in [-0.4, -0.2) is 43.8 Å². The van der Waals surface area contributed by atoms with Crippen molar-refractivity contribution in [2.75, 3.05) is 27.8 Å². The molecular weight excluding hydrogens is 384 g/mol. The zero-order chi connectivity index (χ0) is 22.0. The number of nitrogens with zero attached hydrogens (tertiary/aromatic N) is 2. The van der Waals surface area contributed by atoms with E-state index in [1.807, 2.05) is 0 Å². The molecule has 0 radical (unpaired) electrons. The quantitative estimate of drug-likeness (QED) is 0.495. The molecule has 1 aliphatic heterocycles. The fourth-order valence-corrected chi connectivity index (χ4v) is 5.06. The van der Waals surface area contributed by atoms with Gasteiger partial charge in [0.1, 0.15) is 0 Å². The number of hydrogen-bond donors (Lipinski definition) is 0. The zero-order valence-corrected chi connectivity index (χ0v) is 19.4. The van der Waals surface area contributed by atoms with Crippen LogP contribution in [0.1, 0.15) is 43.0 Å². The average Bonchev–Trinajstić information content (AvgIpc) is 2.82. The second kappa shape index (κ2) is 9.29. The van der Waals surface area contributed by atoms with Crippen LogP contribution in [0.15, 0.2) is 54.6 Å². The van der Waals surface area contributed by atoms with E-state index in [0.29, 0.717) is 12.2 Å². The monoisotopic (exact) mass is 418 g/mol. The van der Waals surface area contributed by atoms with E-state index in [9.17, 15) is 0 Å². The lowest BCUT2D eigenvalue weighted by atomic mass is 9.96. The van der Waals surface area contributed by atoms with Gasteiger partial charge in [-0.05, 0) is 66.4 Å². The summed E-state index contributed by atoms with van der Waals surface area (Å²) in [5.74, 6) is 1.64. The Labute approximate surface area is 186 Å². The summed E-state index contributed by atoms with van der Waals surface area (Å²) in [6.45, 7) is 6.60. The Balaban J connectivity index is 1.59. The Morgan fingerprint density at radius 3 is 2.35 bits per heavy atom. The molecule has 0 bridgehead atoms. The van der Waals surface area contributed by atoms with Crippen molar-refractivity contribution in [3.63, 3.8) is 0 Å². The van der Waals surface area contributed by atoms with Gasteiger partial charge < -0.3 is 9.47 Å². The fourth-order valence-electron chi connectivity index (χ4n) is 5.06. The van der Waals surface area contributed by atoms with Crippen LogP contribution in [0.4, 0.5) is 0 Å². The van der Waals surface area contributed by atoms with Crippen molar-refractivity contribution < 1.29 is 9.47 Å². The van der Waals surface area contributed by atoms with Crippen molar-refractivity contribution >= 4 is 10.8 Å². The third kappa shape index (κ3) is 4.15. The van der Waals surface area contributed by atoms with Crippen LogP contribution >= 0.6 is 0 Å². The predicted molar refractivity (Wildman–Crippen MR) is 128 cm³/mol. The highest BCUT2D eigenvalue weighted by atomic mass is 16.5. The van der Waals surface area contributed by atoms with Crippen molar-refractivity contribution in [3.8, 4) is 11.5 Å². The summed E-state index contributed by atoms with van der Waals surface area (Å²) in [7, 11) is 5.68. The molecule has 4 rings (SSSR count). The largest absolute Gasteiger partial charge is 0.493 e. The number of fused-ring (bicyclic) bond motifs is 2. The van der Waals surface area contributed by atoms with Gasteiger partial charge in [-0.1, -0.05) is 49.4 Å². The summed E-state index contributed by atoms with van der Waals surface area (Å²) >= 11 is 0. The molecule has 0 saturated heterocycles. The van der Waals surface area contributed by atoms with Gasteiger partial charge >= 0.3 is 0 Å². The SMILES string of the molecule is CCC(N1CCc2cc(OC)c(OC)cc2C1)N(C)C(C)c1cccc2ccccc12. The number of hydrogen-bond acceptors (Lipinski definition) is 4. The van der Waals surface area contributed by atoms with Gasteiger partial charge in [0.2, 0.25) is 0 Å². The zero-order valence-electron chi connectivity index (χ0n) is 19.4. The summed E-state index contributed by atoms with van der Waals surface area (Å²) in [4.78, 5) is 5.14. The maximum atomic E-state index is 5.55. The van der Waals surface area contributed by atoms with E-state index in [2.05, 4.69) is 85.3 Å². The molecular formula is C27H34N2O2. The van der Waals surface area contributed by atoms with Crippen LogP contribution in [0.25, 0.3) is 10.8 Å². The maximum Gasteiger partial charge on any atom is 0.161 e. The van der Waals surface area contributed by atoms with Crippen LogP contribution in [0.5, 0.6) is 11.5 Å². The van der Waals surface area contributed by atoms with Gasteiger partial charge in [0, 0.05) is 19.1 Å². The molecule has 0 spiro atoms. The van der Waals surface area contributed by atoms with Crippen LogP contribution in [0, 0.1) is 0 Å². The first kappa shape index (κ1) is 21.7. The van der Waals surface area contributed by atoms with Gasteiger partial charge in [0.15, 0.2) is 11.5 Å². The number of rotatable bonds is 7. The molecule has 3 aromatic rings. The van der Waals surface area contributed by atoms with Gasteiger partial charge in [0.25, 0.3) is 0 Å². The van der Waals surface area contributed by atoms with Crippen molar-refractivity contribution in [3.05, 3.63) is 71.3 Å². The number of benzene rings is 3. The lowest BCUT2D eigenvalue weighted by Crippen LogP contribution is -2.49. The first-order valence-electron chi connectivity index (χ1n) is 11.2. The third-order valence-electron chi connectivity index (χ3n) is 6.89. The summed E-state index contributed by atoms with van der Waals surface area (Å²) in [5.41, 5.74) is 4.10. The van der Waals surface area contributed by atoms with E-state index >= 15 is 0 Å². The van der Waals surface area contributed by atoms with Crippen LogP contribution < -0.4 is 9.47 Å². The molecule has 4 heteroatoms. The third-order valence-corrected chi connectivity index (χ3v) is 6.89. The Bertz CT molecular complexity index is 1040. The summed E-state index contributed by atoms with van der Waals surface area (Å²) in [5, 5.41) is 2.65. The molecule has 2 unspecified atom stereocenters. The van der Waals surface area contributed by atoms with E-state index in [4.69, 9.17) is 9.47 Å². The van der Waals surface area contributed by atoms with Gasteiger partial charge in [0.05, 0.1) is 20.4 Å². The molecule has 1 aliphatic rings. The Morgan fingerprint density at radius 2 is 1.65 bits per heavy atom. The Morgan fingerprint density at radius 1 is 0.968 bits per heavy atom. The van der Waals surface area contributed by atoms with E-state index in [0.717, 1.165) is 37.4 Å². The predicted octanol–water partition coefficient (Wildman–Crippen LogP) is 5.64. The van der Waals surface area contributed by atoms with Crippen LogP contribution in [-0.2, 0) is 13.0 Å². The topological polar surface area (TPSA) is 24.9 Å². The lowest BCUT2D eigenvalue weighted by Gasteiger charge is -2.43. The van der Waals surface area contributed by atoms with Gasteiger partial charge in [-0.25, -0.2) is 0 Å². The molecule has 0 aromatic heterocycles. The highest BCUT2D eigenvalue weighted by Crippen LogP contribution is 2.35. The normalized spacial score (nSPS) is 16.2. The summed E-state index contributed by atoms with van der Waals surface area (Å²) in [6.07, 6.45) is 2.48. The molecule has 0 saturated carbocycles. The Kier molecular flexibility index (Phi) is 6.49. The standard InChI is InChI=1S/C27H34N2O2/c1-6-27(28(3)19(2)23-13-9-11-20-10-7-8-12-24(20)23)29-15-14-21-16-25(30-4)26(31-5)17-22(21)18-29/h7-13,16-17,19,27H,6,14-15,18H2,1-5H3. The molecule has 0 amide bonds. The van der Waals surface area contributed by atoms with Gasteiger partial charge in [-0.15, -0.1) is 0 Å². The van der Waals surface area contributed by atoms with Crippen molar-refractivity contribution in [2.45, 2.75) is 45.4 Å². The minimum atomic E-state index is 0.322. The lowest BCUT2D eigenvalue weighted by molar-refractivity contribution is 0.0235. The van der Waals surface area contributed by atoms with Gasteiger partial charge in [-0.3, -0.25) is 9.80 Å². The van der Waals surface area contributed by atoms with Gasteiger partial charge in [-0.2, -0.15) is 0 Å². The molecule has 164 valence electrons. The number of ether oxygens (including phenoxy) is 2.